The zero-order valence-corrected chi connectivity index (χ0v) is 10.4. The fourth-order valence-electron chi connectivity index (χ4n) is 1.22. The van der Waals surface area contributed by atoms with Gasteiger partial charge in [-0.1, -0.05) is 13.8 Å². The van der Waals surface area contributed by atoms with E-state index < -0.39 is 0 Å². The van der Waals surface area contributed by atoms with E-state index in [2.05, 4.69) is 24.5 Å². The number of hydrogen-bond donors (Lipinski definition) is 2. The van der Waals surface area contributed by atoms with Crippen LogP contribution in [0.5, 0.6) is 0 Å². The van der Waals surface area contributed by atoms with E-state index in [0.29, 0.717) is 19.1 Å². The minimum absolute atomic E-state index is 0. The first-order chi connectivity index (χ1) is 6.61. The molecule has 0 saturated carbocycles. The second-order valence-corrected chi connectivity index (χ2v) is 4.10. The molecule has 0 aromatic heterocycles. The monoisotopic (exact) mass is 236 g/mol. The molecule has 1 unspecified atom stereocenters. The first-order valence-corrected chi connectivity index (χ1v) is 5.24. The highest BCUT2D eigenvalue weighted by Crippen LogP contribution is 2.02. The predicted octanol–water partition coefficient (Wildman–Crippen LogP) is 0.557. The van der Waals surface area contributed by atoms with Gasteiger partial charge in [0.2, 0.25) is 0 Å². The normalized spacial score (nSPS) is 23.1. The van der Waals surface area contributed by atoms with Gasteiger partial charge in [0.15, 0.2) is 0 Å². The van der Waals surface area contributed by atoms with Crippen molar-refractivity contribution in [1.29, 1.82) is 0 Å². The molecule has 1 fully saturated rings. The molecule has 0 aromatic rings. The van der Waals surface area contributed by atoms with Crippen LogP contribution in [0.15, 0.2) is 0 Å². The van der Waals surface area contributed by atoms with Crippen molar-refractivity contribution in [2.75, 3.05) is 19.7 Å². The summed E-state index contributed by atoms with van der Waals surface area (Å²) in [6, 6.07) is 0.202. The van der Waals surface area contributed by atoms with Crippen molar-refractivity contribution in [1.82, 2.24) is 10.6 Å². The highest BCUT2D eigenvalue weighted by molar-refractivity contribution is 5.85. The third-order valence-corrected chi connectivity index (χ3v) is 2.59. The first-order valence-electron chi connectivity index (χ1n) is 5.24. The number of morpholine rings is 1. The first kappa shape index (κ1) is 14.7. The number of carbonyl (C=O) groups is 1. The molecule has 1 saturated heterocycles. The lowest BCUT2D eigenvalue weighted by Crippen LogP contribution is -2.50. The van der Waals surface area contributed by atoms with Crippen LogP contribution in [0.3, 0.4) is 0 Å². The van der Waals surface area contributed by atoms with Gasteiger partial charge in [0.05, 0.1) is 6.61 Å². The summed E-state index contributed by atoms with van der Waals surface area (Å²) in [5, 5.41) is 6.08. The van der Waals surface area contributed by atoms with Gasteiger partial charge in [0, 0.05) is 19.1 Å². The van der Waals surface area contributed by atoms with Crippen LogP contribution in [-0.2, 0) is 9.53 Å². The van der Waals surface area contributed by atoms with Crippen molar-refractivity contribution in [3.8, 4) is 0 Å². The molecular weight excluding hydrogens is 216 g/mol. The summed E-state index contributed by atoms with van der Waals surface area (Å²) in [7, 11) is 0. The average molecular weight is 237 g/mol. The van der Waals surface area contributed by atoms with Crippen LogP contribution in [0.4, 0.5) is 0 Å². The van der Waals surface area contributed by atoms with E-state index in [4.69, 9.17) is 4.74 Å². The molecular formula is C10H21ClN2O2. The van der Waals surface area contributed by atoms with E-state index >= 15 is 0 Å². The summed E-state index contributed by atoms with van der Waals surface area (Å²) >= 11 is 0. The Kier molecular flexibility index (Phi) is 6.89. The van der Waals surface area contributed by atoms with E-state index in [9.17, 15) is 4.79 Å². The van der Waals surface area contributed by atoms with E-state index in [1.54, 1.807) is 0 Å². The predicted molar refractivity (Wildman–Crippen MR) is 62.3 cm³/mol. The summed E-state index contributed by atoms with van der Waals surface area (Å²) in [5.74, 6) is 0.453. The van der Waals surface area contributed by atoms with Crippen LogP contribution < -0.4 is 10.6 Å². The molecule has 2 atom stereocenters. The summed E-state index contributed by atoms with van der Waals surface area (Å²) in [4.78, 5) is 11.6. The quantitative estimate of drug-likeness (QED) is 0.753. The Morgan fingerprint density at radius 2 is 2.13 bits per heavy atom. The van der Waals surface area contributed by atoms with Gasteiger partial charge < -0.3 is 15.4 Å². The molecule has 1 aliphatic rings. The molecule has 1 heterocycles. The van der Waals surface area contributed by atoms with Gasteiger partial charge in [-0.2, -0.15) is 0 Å². The molecule has 0 radical (unpaired) electrons. The molecule has 0 bridgehead atoms. The summed E-state index contributed by atoms with van der Waals surface area (Å²) in [6.07, 6.45) is -0.315. The third kappa shape index (κ3) is 4.82. The Bertz CT molecular complexity index is 194. The van der Waals surface area contributed by atoms with Crippen molar-refractivity contribution in [2.24, 2.45) is 5.92 Å². The Hall–Kier alpha value is -0.320. The Morgan fingerprint density at radius 1 is 1.47 bits per heavy atom. The molecule has 1 amide bonds. The highest BCUT2D eigenvalue weighted by atomic mass is 35.5. The summed E-state index contributed by atoms with van der Waals surface area (Å²) in [5.41, 5.74) is 0. The second kappa shape index (κ2) is 7.04. The van der Waals surface area contributed by atoms with Gasteiger partial charge in [-0.15, -0.1) is 12.4 Å². The standard InChI is InChI=1S/C10H20N2O2.ClH/c1-7(2)8(3)12-10(13)9-6-11-4-5-14-9;/h7-9,11H,4-6H2,1-3H3,(H,12,13);1H/t8?,9-;/m1./s1. The smallest absolute Gasteiger partial charge is 0.250 e. The van der Waals surface area contributed by atoms with Crippen molar-refractivity contribution < 1.29 is 9.53 Å². The van der Waals surface area contributed by atoms with Crippen LogP contribution in [0, 0.1) is 5.92 Å². The maximum absolute atomic E-state index is 11.6. The molecule has 90 valence electrons. The Morgan fingerprint density at radius 3 is 2.60 bits per heavy atom. The fourth-order valence-corrected chi connectivity index (χ4v) is 1.22. The SMILES string of the molecule is CC(C)C(C)NC(=O)[C@H]1CNCCO1.Cl. The number of ether oxygens (including phenoxy) is 1. The summed E-state index contributed by atoms with van der Waals surface area (Å²) < 4.78 is 5.35. The zero-order chi connectivity index (χ0) is 10.6. The number of nitrogens with one attached hydrogen (secondary N) is 2. The summed E-state index contributed by atoms with van der Waals surface area (Å²) in [6.45, 7) is 8.27. The molecule has 0 aliphatic carbocycles. The van der Waals surface area contributed by atoms with Gasteiger partial charge in [-0.3, -0.25) is 4.79 Å². The lowest BCUT2D eigenvalue weighted by molar-refractivity contribution is -0.135. The van der Waals surface area contributed by atoms with E-state index in [0.717, 1.165) is 6.54 Å². The highest BCUT2D eigenvalue weighted by Gasteiger charge is 2.23. The van der Waals surface area contributed by atoms with Gasteiger partial charge in [-0.25, -0.2) is 0 Å². The Balaban J connectivity index is 0.00000196. The van der Waals surface area contributed by atoms with E-state index in [1.165, 1.54) is 0 Å². The van der Waals surface area contributed by atoms with Crippen LogP contribution in [-0.4, -0.2) is 37.7 Å². The molecule has 0 aromatic carbocycles. The lowest BCUT2D eigenvalue weighted by atomic mass is 10.1. The molecule has 0 spiro atoms. The van der Waals surface area contributed by atoms with Gasteiger partial charge >= 0.3 is 0 Å². The van der Waals surface area contributed by atoms with Crippen molar-refractivity contribution in [3.63, 3.8) is 0 Å². The maximum Gasteiger partial charge on any atom is 0.250 e. The minimum Gasteiger partial charge on any atom is -0.366 e. The number of rotatable bonds is 3. The number of amides is 1. The van der Waals surface area contributed by atoms with Gasteiger partial charge in [0.1, 0.15) is 6.10 Å². The zero-order valence-electron chi connectivity index (χ0n) is 9.58. The van der Waals surface area contributed by atoms with Crippen molar-refractivity contribution >= 4 is 18.3 Å². The number of carbonyl (C=O) groups excluding carboxylic acids is 1. The van der Waals surface area contributed by atoms with Gasteiger partial charge in [-0.05, 0) is 12.8 Å². The van der Waals surface area contributed by atoms with E-state index in [1.807, 2.05) is 6.92 Å². The van der Waals surface area contributed by atoms with Crippen LogP contribution in [0.25, 0.3) is 0 Å². The molecule has 5 heteroatoms. The van der Waals surface area contributed by atoms with Crippen LogP contribution in [0.2, 0.25) is 0 Å². The van der Waals surface area contributed by atoms with Crippen molar-refractivity contribution in [3.05, 3.63) is 0 Å². The third-order valence-electron chi connectivity index (χ3n) is 2.59. The number of halogens is 1. The molecule has 1 aliphatic heterocycles. The maximum atomic E-state index is 11.6. The van der Waals surface area contributed by atoms with Crippen LogP contribution in [0.1, 0.15) is 20.8 Å². The second-order valence-electron chi connectivity index (χ2n) is 4.10. The number of hydrogen-bond acceptors (Lipinski definition) is 3. The minimum atomic E-state index is -0.315. The average Bonchev–Trinajstić information content (AvgIpc) is 2.19. The van der Waals surface area contributed by atoms with Crippen LogP contribution >= 0.6 is 12.4 Å². The fraction of sp³-hybridized carbons (Fsp3) is 0.900. The topological polar surface area (TPSA) is 50.4 Å². The largest absolute Gasteiger partial charge is 0.366 e. The van der Waals surface area contributed by atoms with Crippen molar-refractivity contribution in [2.45, 2.75) is 32.9 Å². The lowest BCUT2D eigenvalue weighted by Gasteiger charge is -2.25. The molecule has 2 N–H and O–H groups in total. The van der Waals surface area contributed by atoms with E-state index in [-0.39, 0.29) is 30.5 Å². The van der Waals surface area contributed by atoms with Gasteiger partial charge in [0.25, 0.3) is 5.91 Å². The Labute approximate surface area is 97.5 Å². The molecule has 4 nitrogen and oxygen atoms in total. The molecule has 1 rings (SSSR count). The molecule has 15 heavy (non-hydrogen) atoms.